The molecule has 0 fully saturated rings. The summed E-state index contributed by atoms with van der Waals surface area (Å²) in [5, 5.41) is 17.8. The lowest BCUT2D eigenvalue weighted by atomic mass is 10.2. The van der Waals surface area contributed by atoms with Gasteiger partial charge in [-0.15, -0.1) is 11.3 Å². The SMILES string of the molecule is COc1ccc(C=c2sc(=C(C#N)C#N)n(C)c2=O)cc1. The van der Waals surface area contributed by atoms with Gasteiger partial charge in [-0.2, -0.15) is 10.5 Å². The van der Waals surface area contributed by atoms with Gasteiger partial charge in [0.1, 0.15) is 22.6 Å². The predicted molar refractivity (Wildman–Crippen MR) is 80.0 cm³/mol. The van der Waals surface area contributed by atoms with Gasteiger partial charge in [0.15, 0.2) is 5.57 Å². The van der Waals surface area contributed by atoms with E-state index in [0.29, 0.717) is 9.20 Å². The van der Waals surface area contributed by atoms with Gasteiger partial charge in [-0.1, -0.05) is 12.1 Å². The second kappa shape index (κ2) is 6.08. The molecule has 0 radical (unpaired) electrons. The molecule has 0 saturated heterocycles. The Labute approximate surface area is 124 Å². The summed E-state index contributed by atoms with van der Waals surface area (Å²) in [5.41, 5.74) is 0.555. The van der Waals surface area contributed by atoms with Gasteiger partial charge >= 0.3 is 0 Å². The van der Waals surface area contributed by atoms with Crippen LogP contribution in [-0.4, -0.2) is 11.7 Å². The van der Waals surface area contributed by atoms with E-state index in [2.05, 4.69) is 0 Å². The Morgan fingerprint density at radius 2 is 1.90 bits per heavy atom. The molecular formula is C15H11N3O2S. The smallest absolute Gasteiger partial charge is 0.268 e. The molecule has 1 aromatic heterocycles. The van der Waals surface area contributed by atoms with E-state index in [1.54, 1.807) is 44.5 Å². The zero-order valence-electron chi connectivity index (χ0n) is 11.5. The third-order valence-corrected chi connectivity index (χ3v) is 4.06. The number of ether oxygens (including phenoxy) is 1. The number of aromatic nitrogens is 1. The molecule has 2 aromatic rings. The Morgan fingerprint density at radius 1 is 1.29 bits per heavy atom. The van der Waals surface area contributed by atoms with Gasteiger partial charge in [0, 0.05) is 7.05 Å². The average molecular weight is 297 g/mol. The average Bonchev–Trinajstić information content (AvgIpc) is 2.78. The van der Waals surface area contributed by atoms with Crippen LogP contribution in [0.15, 0.2) is 29.1 Å². The maximum absolute atomic E-state index is 12.1. The molecule has 0 spiro atoms. The van der Waals surface area contributed by atoms with Crippen molar-refractivity contribution in [1.29, 1.82) is 10.5 Å². The molecule has 0 aliphatic rings. The Balaban J connectivity index is 2.66. The van der Waals surface area contributed by atoms with Crippen molar-refractivity contribution in [1.82, 2.24) is 4.57 Å². The molecule has 0 unspecified atom stereocenters. The lowest BCUT2D eigenvalue weighted by molar-refractivity contribution is 0.415. The zero-order valence-corrected chi connectivity index (χ0v) is 12.3. The maximum Gasteiger partial charge on any atom is 0.268 e. The first-order valence-corrected chi connectivity index (χ1v) is 6.78. The Morgan fingerprint density at radius 3 is 2.43 bits per heavy atom. The molecular weight excluding hydrogens is 286 g/mol. The minimum atomic E-state index is -0.228. The molecule has 21 heavy (non-hydrogen) atoms. The van der Waals surface area contributed by atoms with Crippen molar-refractivity contribution in [3.63, 3.8) is 0 Å². The second-order valence-corrected chi connectivity index (χ2v) is 5.18. The van der Waals surface area contributed by atoms with Crippen LogP contribution in [0.25, 0.3) is 11.6 Å². The monoisotopic (exact) mass is 297 g/mol. The number of hydrogen-bond acceptors (Lipinski definition) is 5. The molecule has 6 heteroatoms. The summed E-state index contributed by atoms with van der Waals surface area (Å²) in [6.07, 6.45) is 1.72. The third kappa shape index (κ3) is 2.86. The topological polar surface area (TPSA) is 78.8 Å². The van der Waals surface area contributed by atoms with Crippen LogP contribution in [0.5, 0.6) is 5.75 Å². The molecule has 0 amide bonds. The minimum absolute atomic E-state index is 0.0611. The van der Waals surface area contributed by atoms with Crippen LogP contribution in [0.4, 0.5) is 0 Å². The minimum Gasteiger partial charge on any atom is -0.497 e. The van der Waals surface area contributed by atoms with Gasteiger partial charge in [0.25, 0.3) is 5.56 Å². The Bertz CT molecular complexity index is 906. The van der Waals surface area contributed by atoms with E-state index in [1.165, 1.54) is 4.57 Å². The molecule has 0 aliphatic carbocycles. The Kier molecular flexibility index (Phi) is 4.22. The first kappa shape index (κ1) is 14.6. The van der Waals surface area contributed by atoms with Gasteiger partial charge in [-0.3, -0.25) is 4.79 Å². The van der Waals surface area contributed by atoms with Gasteiger partial charge in [-0.25, -0.2) is 0 Å². The van der Waals surface area contributed by atoms with Crippen molar-refractivity contribution >= 4 is 23.0 Å². The Hall–Kier alpha value is -2.83. The maximum atomic E-state index is 12.1. The van der Waals surface area contributed by atoms with Crippen molar-refractivity contribution in [2.75, 3.05) is 7.11 Å². The largest absolute Gasteiger partial charge is 0.497 e. The van der Waals surface area contributed by atoms with E-state index < -0.39 is 0 Å². The van der Waals surface area contributed by atoms with Crippen LogP contribution in [0, 0.1) is 22.7 Å². The normalized spacial score (nSPS) is 10.8. The highest BCUT2D eigenvalue weighted by molar-refractivity contribution is 7.07. The first-order valence-electron chi connectivity index (χ1n) is 5.97. The summed E-state index contributed by atoms with van der Waals surface area (Å²) in [6.45, 7) is 0. The van der Waals surface area contributed by atoms with Crippen molar-refractivity contribution in [2.24, 2.45) is 7.05 Å². The van der Waals surface area contributed by atoms with Crippen LogP contribution in [0.2, 0.25) is 0 Å². The molecule has 5 nitrogen and oxygen atoms in total. The zero-order chi connectivity index (χ0) is 15.4. The third-order valence-electron chi connectivity index (χ3n) is 2.88. The fourth-order valence-corrected chi connectivity index (χ4v) is 2.80. The summed E-state index contributed by atoms with van der Waals surface area (Å²) in [7, 11) is 3.13. The molecule has 0 N–H and O–H groups in total. The number of rotatable bonds is 2. The van der Waals surface area contributed by atoms with Crippen LogP contribution in [0.1, 0.15) is 5.56 Å². The van der Waals surface area contributed by atoms with Crippen molar-refractivity contribution < 1.29 is 4.74 Å². The van der Waals surface area contributed by atoms with Crippen molar-refractivity contribution in [3.8, 4) is 17.9 Å². The van der Waals surface area contributed by atoms with Gasteiger partial charge in [-0.05, 0) is 23.8 Å². The summed E-state index contributed by atoms with van der Waals surface area (Å²) >= 11 is 1.13. The van der Waals surface area contributed by atoms with Crippen LogP contribution in [-0.2, 0) is 7.05 Å². The van der Waals surface area contributed by atoms with Crippen molar-refractivity contribution in [2.45, 2.75) is 0 Å². The molecule has 1 aromatic carbocycles. The molecule has 0 atom stereocenters. The van der Waals surface area contributed by atoms with Crippen LogP contribution < -0.4 is 19.5 Å². The van der Waals surface area contributed by atoms with Gasteiger partial charge in [0.05, 0.1) is 11.6 Å². The first-order chi connectivity index (χ1) is 10.1. The van der Waals surface area contributed by atoms with Crippen molar-refractivity contribution in [3.05, 3.63) is 49.4 Å². The quantitative estimate of drug-likeness (QED) is 0.807. The van der Waals surface area contributed by atoms with Crippen LogP contribution >= 0.6 is 11.3 Å². The molecule has 0 saturated carbocycles. The highest BCUT2D eigenvalue weighted by atomic mass is 32.1. The van der Waals surface area contributed by atoms with Crippen LogP contribution in [0.3, 0.4) is 0 Å². The number of benzene rings is 1. The molecule has 0 aliphatic heterocycles. The van der Waals surface area contributed by atoms with E-state index in [4.69, 9.17) is 15.3 Å². The van der Waals surface area contributed by atoms with Gasteiger partial charge < -0.3 is 9.30 Å². The predicted octanol–water partition coefficient (Wildman–Crippen LogP) is 0.482. The highest BCUT2D eigenvalue weighted by Gasteiger charge is 2.05. The number of hydrogen-bond donors (Lipinski definition) is 0. The summed E-state index contributed by atoms with van der Waals surface area (Å²) < 4.78 is 7.23. The summed E-state index contributed by atoms with van der Waals surface area (Å²) in [6, 6.07) is 10.9. The van der Waals surface area contributed by atoms with Gasteiger partial charge in [0.2, 0.25) is 0 Å². The standard InChI is InChI=1S/C15H11N3O2S/c1-18-14(19)13(21-15(18)11(8-16)9-17)7-10-3-5-12(20-2)6-4-10/h3-7H,1-2H3. The molecule has 0 bridgehead atoms. The lowest BCUT2D eigenvalue weighted by Crippen LogP contribution is -2.29. The highest BCUT2D eigenvalue weighted by Crippen LogP contribution is 2.11. The number of thiazole rings is 1. The molecule has 104 valence electrons. The molecule has 2 rings (SSSR count). The fraction of sp³-hybridized carbons (Fsp3) is 0.133. The van der Waals surface area contributed by atoms with E-state index in [1.807, 2.05) is 12.1 Å². The number of nitriles is 2. The fourth-order valence-electron chi connectivity index (χ4n) is 1.76. The van der Waals surface area contributed by atoms with E-state index in [0.717, 1.165) is 22.6 Å². The summed E-state index contributed by atoms with van der Waals surface area (Å²) in [4.78, 5) is 12.1. The summed E-state index contributed by atoms with van der Waals surface area (Å²) in [5.74, 6) is 0.733. The van der Waals surface area contributed by atoms with E-state index >= 15 is 0 Å². The number of nitrogens with zero attached hydrogens (tertiary/aromatic N) is 3. The number of methoxy groups -OCH3 is 1. The lowest BCUT2D eigenvalue weighted by Gasteiger charge is -1.98. The molecule has 1 heterocycles. The van der Waals surface area contributed by atoms with E-state index in [-0.39, 0.29) is 11.1 Å². The second-order valence-electron chi connectivity index (χ2n) is 4.15. The van der Waals surface area contributed by atoms with E-state index in [9.17, 15) is 4.79 Å².